The standard InChI is InChI=1S/C10H16O6/c1-4-8(16-10(12)14-3)6-5-7-15-9(11)13-2/h4,8H,1,5-7H2,2-3H3. The van der Waals surface area contributed by atoms with E-state index in [2.05, 4.69) is 20.8 Å². The monoisotopic (exact) mass is 232 g/mol. The molecule has 1 unspecified atom stereocenters. The number of carbonyl (C=O) groups excluding carboxylic acids is 2. The maximum Gasteiger partial charge on any atom is 0.508 e. The Labute approximate surface area is 94.1 Å². The first kappa shape index (κ1) is 14.3. The quantitative estimate of drug-likeness (QED) is 0.395. The SMILES string of the molecule is C=CC(CCCOC(=O)OC)OC(=O)OC. The molecular weight excluding hydrogens is 216 g/mol. The first-order chi connectivity index (χ1) is 7.63. The Morgan fingerprint density at radius 2 is 1.88 bits per heavy atom. The first-order valence-electron chi connectivity index (χ1n) is 4.72. The molecule has 0 bridgehead atoms. The highest BCUT2D eigenvalue weighted by molar-refractivity contribution is 5.60. The Kier molecular flexibility index (Phi) is 7.66. The summed E-state index contributed by atoms with van der Waals surface area (Å²) in [7, 11) is 2.46. The Bertz CT molecular complexity index is 237. The molecule has 0 radical (unpaired) electrons. The van der Waals surface area contributed by atoms with Gasteiger partial charge in [-0.3, -0.25) is 0 Å². The zero-order chi connectivity index (χ0) is 12.4. The van der Waals surface area contributed by atoms with Crippen LogP contribution in [0.3, 0.4) is 0 Å². The van der Waals surface area contributed by atoms with E-state index in [0.29, 0.717) is 12.8 Å². The van der Waals surface area contributed by atoms with E-state index in [1.165, 1.54) is 20.3 Å². The highest BCUT2D eigenvalue weighted by Crippen LogP contribution is 2.05. The average molecular weight is 232 g/mol. The average Bonchev–Trinajstić information content (AvgIpc) is 2.32. The van der Waals surface area contributed by atoms with Crippen LogP contribution in [0.2, 0.25) is 0 Å². The van der Waals surface area contributed by atoms with Crippen molar-refractivity contribution in [3.8, 4) is 0 Å². The van der Waals surface area contributed by atoms with Gasteiger partial charge >= 0.3 is 12.3 Å². The molecule has 0 aromatic heterocycles. The largest absolute Gasteiger partial charge is 0.508 e. The third kappa shape index (κ3) is 6.69. The van der Waals surface area contributed by atoms with Crippen LogP contribution >= 0.6 is 0 Å². The van der Waals surface area contributed by atoms with Gasteiger partial charge in [-0.2, -0.15) is 0 Å². The third-order valence-corrected chi connectivity index (χ3v) is 1.70. The molecule has 0 spiro atoms. The minimum absolute atomic E-state index is 0.196. The minimum atomic E-state index is -0.765. The molecule has 0 fully saturated rings. The second-order valence-corrected chi connectivity index (χ2v) is 2.79. The summed E-state index contributed by atoms with van der Waals surface area (Å²) in [4.78, 5) is 21.4. The molecule has 0 saturated heterocycles. The van der Waals surface area contributed by atoms with Gasteiger partial charge in [0.05, 0.1) is 20.8 Å². The Hall–Kier alpha value is -1.72. The van der Waals surface area contributed by atoms with Crippen LogP contribution in [0.4, 0.5) is 9.59 Å². The molecule has 16 heavy (non-hydrogen) atoms. The van der Waals surface area contributed by atoms with Crippen LogP contribution in [0.15, 0.2) is 12.7 Å². The molecule has 0 heterocycles. The van der Waals surface area contributed by atoms with E-state index in [1.807, 2.05) is 0 Å². The van der Waals surface area contributed by atoms with Crippen molar-refractivity contribution < 1.29 is 28.5 Å². The molecule has 0 aromatic carbocycles. The maximum absolute atomic E-state index is 10.8. The van der Waals surface area contributed by atoms with Gasteiger partial charge in [-0.05, 0) is 12.8 Å². The lowest BCUT2D eigenvalue weighted by atomic mass is 10.2. The van der Waals surface area contributed by atoms with Crippen LogP contribution < -0.4 is 0 Å². The summed E-state index contributed by atoms with van der Waals surface area (Å²) < 4.78 is 18.1. The lowest BCUT2D eigenvalue weighted by Crippen LogP contribution is -2.16. The molecule has 6 nitrogen and oxygen atoms in total. The highest BCUT2D eigenvalue weighted by Gasteiger charge is 2.11. The fourth-order valence-corrected chi connectivity index (χ4v) is 0.896. The van der Waals surface area contributed by atoms with E-state index >= 15 is 0 Å². The van der Waals surface area contributed by atoms with E-state index in [0.717, 1.165) is 0 Å². The molecule has 0 N–H and O–H groups in total. The number of methoxy groups -OCH3 is 2. The Balaban J connectivity index is 3.67. The van der Waals surface area contributed by atoms with Crippen molar-refractivity contribution in [2.75, 3.05) is 20.8 Å². The van der Waals surface area contributed by atoms with Crippen LogP contribution in [0.5, 0.6) is 0 Å². The molecular formula is C10H16O6. The van der Waals surface area contributed by atoms with E-state index in [9.17, 15) is 9.59 Å². The van der Waals surface area contributed by atoms with Crippen LogP contribution in [0, 0.1) is 0 Å². The van der Waals surface area contributed by atoms with Crippen LogP contribution in [-0.2, 0) is 18.9 Å². The van der Waals surface area contributed by atoms with E-state index in [1.54, 1.807) is 0 Å². The van der Waals surface area contributed by atoms with Gasteiger partial charge in [-0.15, -0.1) is 0 Å². The molecule has 1 atom stereocenters. The molecule has 6 heteroatoms. The van der Waals surface area contributed by atoms with E-state index in [-0.39, 0.29) is 6.61 Å². The van der Waals surface area contributed by atoms with Gasteiger partial charge in [0.15, 0.2) is 0 Å². The zero-order valence-electron chi connectivity index (χ0n) is 9.43. The Morgan fingerprint density at radius 1 is 1.25 bits per heavy atom. The predicted molar refractivity (Wildman–Crippen MR) is 55.1 cm³/mol. The smallest absolute Gasteiger partial charge is 0.438 e. The Morgan fingerprint density at radius 3 is 2.38 bits per heavy atom. The summed E-state index contributed by atoms with van der Waals surface area (Å²) in [6.07, 6.45) is 0.560. The van der Waals surface area contributed by atoms with Crippen molar-refractivity contribution in [3.63, 3.8) is 0 Å². The summed E-state index contributed by atoms with van der Waals surface area (Å²) in [5.74, 6) is 0. The summed E-state index contributed by atoms with van der Waals surface area (Å²) in [6.45, 7) is 3.71. The maximum atomic E-state index is 10.8. The van der Waals surface area contributed by atoms with E-state index in [4.69, 9.17) is 4.74 Å². The first-order valence-corrected chi connectivity index (χ1v) is 4.72. The number of hydrogen-bond donors (Lipinski definition) is 0. The van der Waals surface area contributed by atoms with Crippen molar-refractivity contribution in [1.82, 2.24) is 0 Å². The highest BCUT2D eigenvalue weighted by atomic mass is 16.7. The van der Waals surface area contributed by atoms with E-state index < -0.39 is 18.4 Å². The zero-order valence-corrected chi connectivity index (χ0v) is 9.43. The molecule has 0 aromatic rings. The fraction of sp³-hybridized carbons (Fsp3) is 0.600. The van der Waals surface area contributed by atoms with Crippen molar-refractivity contribution in [2.24, 2.45) is 0 Å². The second kappa shape index (κ2) is 8.58. The van der Waals surface area contributed by atoms with Crippen molar-refractivity contribution in [2.45, 2.75) is 18.9 Å². The van der Waals surface area contributed by atoms with Gasteiger partial charge in [-0.1, -0.05) is 12.7 Å². The van der Waals surface area contributed by atoms with Crippen molar-refractivity contribution in [1.29, 1.82) is 0 Å². The molecule has 92 valence electrons. The topological polar surface area (TPSA) is 71.1 Å². The lowest BCUT2D eigenvalue weighted by Gasteiger charge is -2.12. The van der Waals surface area contributed by atoms with Gasteiger partial charge in [-0.25, -0.2) is 9.59 Å². The fourth-order valence-electron chi connectivity index (χ4n) is 0.896. The van der Waals surface area contributed by atoms with Crippen LogP contribution in [0.1, 0.15) is 12.8 Å². The number of rotatable bonds is 6. The van der Waals surface area contributed by atoms with Crippen LogP contribution in [-0.4, -0.2) is 39.2 Å². The summed E-state index contributed by atoms with van der Waals surface area (Å²) in [5, 5.41) is 0. The third-order valence-electron chi connectivity index (χ3n) is 1.70. The van der Waals surface area contributed by atoms with Gasteiger partial charge in [0.2, 0.25) is 0 Å². The van der Waals surface area contributed by atoms with Gasteiger partial charge in [0.1, 0.15) is 6.10 Å². The number of ether oxygens (including phenoxy) is 4. The molecule has 0 aliphatic heterocycles. The van der Waals surface area contributed by atoms with Crippen molar-refractivity contribution in [3.05, 3.63) is 12.7 Å². The normalized spacial score (nSPS) is 11.1. The number of carbonyl (C=O) groups is 2. The molecule has 0 amide bonds. The number of hydrogen-bond acceptors (Lipinski definition) is 6. The summed E-state index contributed by atoms with van der Waals surface area (Å²) in [6, 6.07) is 0. The predicted octanol–water partition coefficient (Wildman–Crippen LogP) is 1.89. The summed E-state index contributed by atoms with van der Waals surface area (Å²) in [5.41, 5.74) is 0. The second-order valence-electron chi connectivity index (χ2n) is 2.79. The molecule has 0 aliphatic rings. The van der Waals surface area contributed by atoms with Gasteiger partial charge in [0.25, 0.3) is 0 Å². The lowest BCUT2D eigenvalue weighted by molar-refractivity contribution is 0.0426. The molecule has 0 rings (SSSR count). The van der Waals surface area contributed by atoms with Crippen LogP contribution in [0.25, 0.3) is 0 Å². The molecule has 0 aliphatic carbocycles. The summed E-state index contributed by atoms with van der Waals surface area (Å²) >= 11 is 0. The minimum Gasteiger partial charge on any atom is -0.438 e. The van der Waals surface area contributed by atoms with Crippen molar-refractivity contribution >= 4 is 12.3 Å². The molecule has 0 saturated carbocycles. The van der Waals surface area contributed by atoms with Gasteiger partial charge in [0, 0.05) is 0 Å². The van der Waals surface area contributed by atoms with Gasteiger partial charge < -0.3 is 18.9 Å².